The molecule has 2 aliphatic rings. The summed E-state index contributed by atoms with van der Waals surface area (Å²) in [6, 6.07) is 7.65. The lowest BCUT2D eigenvalue weighted by Gasteiger charge is -2.44. The molecule has 0 saturated carbocycles. The quantitative estimate of drug-likeness (QED) is 0.758. The molecule has 1 aromatic heterocycles. The van der Waals surface area contributed by atoms with Gasteiger partial charge in [0.15, 0.2) is 0 Å². The van der Waals surface area contributed by atoms with Gasteiger partial charge in [-0.25, -0.2) is 4.79 Å². The molecule has 1 atom stereocenters. The first-order valence-corrected chi connectivity index (χ1v) is 11.5. The van der Waals surface area contributed by atoms with Crippen LogP contribution in [0.25, 0.3) is 0 Å². The zero-order valence-electron chi connectivity index (χ0n) is 18.9. The highest BCUT2D eigenvalue weighted by atomic mass is 35.5. The molecule has 32 heavy (non-hydrogen) atoms. The zero-order valence-corrected chi connectivity index (χ0v) is 19.7. The Kier molecular flexibility index (Phi) is 6.67. The highest BCUT2D eigenvalue weighted by Gasteiger charge is 2.32. The van der Waals surface area contributed by atoms with Gasteiger partial charge in [-0.05, 0) is 62.6 Å². The van der Waals surface area contributed by atoms with E-state index in [1.54, 1.807) is 18.3 Å². The maximum Gasteiger partial charge on any atom is 0.320 e. The molecule has 0 aliphatic carbocycles. The maximum absolute atomic E-state index is 12.7. The smallest absolute Gasteiger partial charge is 0.320 e. The van der Waals surface area contributed by atoms with Crippen LogP contribution in [0.1, 0.15) is 40.5 Å². The van der Waals surface area contributed by atoms with Crippen molar-refractivity contribution in [3.8, 4) is 0 Å². The van der Waals surface area contributed by atoms with Gasteiger partial charge in [-0.2, -0.15) is 0 Å². The molecule has 2 saturated heterocycles. The van der Waals surface area contributed by atoms with Gasteiger partial charge >= 0.3 is 6.03 Å². The van der Waals surface area contributed by atoms with Crippen molar-refractivity contribution < 1.29 is 9.59 Å². The van der Waals surface area contributed by atoms with E-state index in [1.165, 1.54) is 0 Å². The number of rotatable bonds is 4. The van der Waals surface area contributed by atoms with Crippen LogP contribution in [0.15, 0.2) is 30.5 Å². The number of hydrogen-bond donors (Lipinski definition) is 1. The average Bonchev–Trinajstić information content (AvgIpc) is 2.70. The summed E-state index contributed by atoms with van der Waals surface area (Å²) in [5, 5.41) is 3.57. The molecular formula is C24H30ClN5O2. The van der Waals surface area contributed by atoms with Crippen molar-refractivity contribution in [3.05, 3.63) is 57.9 Å². The predicted octanol–water partition coefficient (Wildman–Crippen LogP) is 3.94. The van der Waals surface area contributed by atoms with Crippen LogP contribution in [0.2, 0.25) is 5.02 Å². The second-order valence-corrected chi connectivity index (χ2v) is 9.22. The van der Waals surface area contributed by atoms with E-state index in [2.05, 4.69) is 22.1 Å². The third-order valence-corrected chi connectivity index (χ3v) is 6.60. The fraction of sp³-hybridized carbons (Fsp3) is 0.458. The number of halogens is 1. The lowest BCUT2D eigenvalue weighted by Crippen LogP contribution is -2.59. The third-order valence-electron chi connectivity index (χ3n) is 6.38. The normalized spacial score (nSPS) is 18.9. The van der Waals surface area contributed by atoms with Crippen LogP contribution in [-0.2, 0) is 6.54 Å². The van der Waals surface area contributed by atoms with Crippen molar-refractivity contribution in [1.82, 2.24) is 19.7 Å². The van der Waals surface area contributed by atoms with Crippen LogP contribution in [-0.4, -0.2) is 70.4 Å². The number of piperazine rings is 1. The number of aromatic nitrogens is 1. The number of anilines is 1. The first-order chi connectivity index (χ1) is 15.3. The number of benzene rings is 1. The monoisotopic (exact) mass is 455 g/mol. The molecule has 1 aromatic carbocycles. The number of hydrogen-bond acceptors (Lipinski definition) is 4. The van der Waals surface area contributed by atoms with Gasteiger partial charge in [-0.1, -0.05) is 11.6 Å². The molecule has 1 N–H and O–H groups in total. The standard InChI is InChI=1S/C24H30ClN5O2/c1-16-5-6-19(13-26-16)23(31)27-22-12-21(25)11-20(18(22)3)15-28-9-10-30(17(2)14-28)24(32)29-7-4-8-29/h5-6,11-13,17H,4,7-10,14-15H2,1-3H3,(H,27,31)/t17-/m0/s1. The van der Waals surface area contributed by atoms with E-state index in [-0.39, 0.29) is 18.0 Å². The first-order valence-electron chi connectivity index (χ1n) is 11.1. The van der Waals surface area contributed by atoms with Crippen molar-refractivity contribution in [2.45, 2.75) is 39.8 Å². The lowest BCUT2D eigenvalue weighted by atomic mass is 10.0. The van der Waals surface area contributed by atoms with Crippen molar-refractivity contribution in [3.63, 3.8) is 0 Å². The highest BCUT2D eigenvalue weighted by molar-refractivity contribution is 6.31. The Bertz CT molecular complexity index is 1010. The van der Waals surface area contributed by atoms with E-state index in [4.69, 9.17) is 11.6 Å². The van der Waals surface area contributed by atoms with Gasteiger partial charge in [-0.3, -0.25) is 14.7 Å². The molecule has 0 radical (unpaired) electrons. The van der Waals surface area contributed by atoms with Gasteiger partial charge in [-0.15, -0.1) is 0 Å². The van der Waals surface area contributed by atoms with Crippen LogP contribution >= 0.6 is 11.6 Å². The minimum Gasteiger partial charge on any atom is -0.325 e. The fourth-order valence-electron chi connectivity index (χ4n) is 4.22. The van der Waals surface area contributed by atoms with Gasteiger partial charge in [0.2, 0.25) is 0 Å². The number of pyridine rings is 1. The molecule has 3 heterocycles. The average molecular weight is 456 g/mol. The molecule has 4 rings (SSSR count). The third kappa shape index (κ3) is 4.89. The summed E-state index contributed by atoms with van der Waals surface area (Å²) in [6.45, 7) is 10.8. The van der Waals surface area contributed by atoms with Crippen molar-refractivity contribution in [2.75, 3.05) is 38.0 Å². The first kappa shape index (κ1) is 22.6. The van der Waals surface area contributed by atoms with Crippen molar-refractivity contribution >= 4 is 29.2 Å². The molecule has 170 valence electrons. The van der Waals surface area contributed by atoms with E-state index in [9.17, 15) is 9.59 Å². The van der Waals surface area contributed by atoms with Crippen LogP contribution in [0.4, 0.5) is 10.5 Å². The minimum atomic E-state index is -0.208. The maximum atomic E-state index is 12.7. The second kappa shape index (κ2) is 9.46. The summed E-state index contributed by atoms with van der Waals surface area (Å²) in [6.07, 6.45) is 2.68. The molecule has 2 aromatic rings. The van der Waals surface area contributed by atoms with Crippen LogP contribution < -0.4 is 5.32 Å². The molecule has 0 bridgehead atoms. The molecular weight excluding hydrogens is 426 g/mol. The van der Waals surface area contributed by atoms with Gasteiger partial charge in [0.05, 0.1) is 5.56 Å². The Morgan fingerprint density at radius 3 is 2.56 bits per heavy atom. The number of nitrogens with zero attached hydrogens (tertiary/aromatic N) is 4. The zero-order chi connectivity index (χ0) is 22.8. The topological polar surface area (TPSA) is 68.8 Å². The van der Waals surface area contributed by atoms with E-state index in [0.29, 0.717) is 16.3 Å². The Labute approximate surface area is 194 Å². The van der Waals surface area contributed by atoms with Gasteiger partial charge in [0, 0.05) is 67.9 Å². The Hall–Kier alpha value is -2.64. The summed E-state index contributed by atoms with van der Waals surface area (Å²) in [5.74, 6) is -0.208. The summed E-state index contributed by atoms with van der Waals surface area (Å²) in [4.78, 5) is 35.7. The molecule has 2 aliphatic heterocycles. The number of aryl methyl sites for hydroxylation is 1. The number of nitrogens with one attached hydrogen (secondary N) is 1. The van der Waals surface area contributed by atoms with E-state index >= 15 is 0 Å². The summed E-state index contributed by atoms with van der Waals surface area (Å²) >= 11 is 6.40. The molecule has 2 fully saturated rings. The Morgan fingerprint density at radius 1 is 1.16 bits per heavy atom. The molecule has 8 heteroatoms. The van der Waals surface area contributed by atoms with Gasteiger partial charge < -0.3 is 15.1 Å². The molecule has 0 spiro atoms. The highest BCUT2D eigenvalue weighted by Crippen LogP contribution is 2.27. The Balaban J connectivity index is 1.43. The largest absolute Gasteiger partial charge is 0.325 e. The second-order valence-electron chi connectivity index (χ2n) is 8.78. The van der Waals surface area contributed by atoms with Gasteiger partial charge in [0.25, 0.3) is 5.91 Å². The summed E-state index contributed by atoms with van der Waals surface area (Å²) < 4.78 is 0. The number of carbonyl (C=O) groups excluding carboxylic acids is 2. The predicted molar refractivity (Wildman–Crippen MR) is 126 cm³/mol. The fourth-order valence-corrected chi connectivity index (χ4v) is 4.46. The Morgan fingerprint density at radius 2 is 1.94 bits per heavy atom. The lowest BCUT2D eigenvalue weighted by molar-refractivity contribution is 0.0661. The number of amides is 3. The van der Waals surface area contributed by atoms with Crippen molar-refractivity contribution in [1.29, 1.82) is 0 Å². The molecule has 3 amide bonds. The van der Waals surface area contributed by atoms with Crippen molar-refractivity contribution in [2.24, 2.45) is 0 Å². The minimum absolute atomic E-state index is 0.157. The number of likely N-dealkylation sites (tertiary alicyclic amines) is 1. The summed E-state index contributed by atoms with van der Waals surface area (Å²) in [7, 11) is 0. The summed E-state index contributed by atoms with van der Waals surface area (Å²) in [5.41, 5.74) is 4.15. The number of carbonyl (C=O) groups is 2. The van der Waals surface area contributed by atoms with Crippen LogP contribution in [0, 0.1) is 13.8 Å². The van der Waals surface area contributed by atoms with E-state index in [0.717, 1.165) is 62.5 Å². The molecule has 7 nitrogen and oxygen atoms in total. The van der Waals surface area contributed by atoms with Gasteiger partial charge in [0.1, 0.15) is 0 Å². The number of urea groups is 1. The van der Waals surface area contributed by atoms with E-state index in [1.807, 2.05) is 35.8 Å². The van der Waals surface area contributed by atoms with Crippen LogP contribution in [0.3, 0.4) is 0 Å². The van der Waals surface area contributed by atoms with E-state index < -0.39 is 0 Å². The van der Waals surface area contributed by atoms with Crippen LogP contribution in [0.5, 0.6) is 0 Å². The molecule has 0 unspecified atom stereocenters. The SMILES string of the molecule is Cc1ccc(C(=O)Nc2cc(Cl)cc(CN3CCN(C(=O)N4CCC4)[C@@H](C)C3)c2C)cn1.